The van der Waals surface area contributed by atoms with E-state index in [2.05, 4.69) is 0 Å². The lowest BCUT2D eigenvalue weighted by molar-refractivity contribution is 0.170. The molecule has 0 spiro atoms. The third-order valence-electron chi connectivity index (χ3n) is 2.23. The zero-order valence-electron chi connectivity index (χ0n) is 8.77. The van der Waals surface area contributed by atoms with E-state index < -0.39 is 6.10 Å². The van der Waals surface area contributed by atoms with Crippen molar-refractivity contribution in [2.24, 2.45) is 5.73 Å². The lowest BCUT2D eigenvalue weighted by Crippen LogP contribution is -2.09. The number of anilines is 1. The molecule has 1 aromatic rings. The van der Waals surface area contributed by atoms with Gasteiger partial charge >= 0.3 is 0 Å². The normalized spacial score (nSPS) is 12.6. The van der Waals surface area contributed by atoms with Gasteiger partial charge in [-0.15, -0.1) is 0 Å². The summed E-state index contributed by atoms with van der Waals surface area (Å²) in [6.07, 6.45) is 0.178. The second kappa shape index (κ2) is 4.98. The Bertz CT molecular complexity index is 269. The van der Waals surface area contributed by atoms with Crippen molar-refractivity contribution in [3.63, 3.8) is 0 Å². The standard InChI is InChI=1S/C11H18N2O/c1-13(2)10-5-3-9(4-6-10)11(14)7-8-12/h3-6,11,14H,7-8,12H2,1-2H3/t11-/m0/s1. The van der Waals surface area contributed by atoms with Gasteiger partial charge in [0.2, 0.25) is 0 Å². The van der Waals surface area contributed by atoms with Gasteiger partial charge in [0.05, 0.1) is 6.10 Å². The summed E-state index contributed by atoms with van der Waals surface area (Å²) < 4.78 is 0. The van der Waals surface area contributed by atoms with E-state index in [0.717, 1.165) is 11.3 Å². The van der Waals surface area contributed by atoms with Gasteiger partial charge in [0.15, 0.2) is 0 Å². The Labute approximate surface area is 85.2 Å². The van der Waals surface area contributed by atoms with Crippen LogP contribution in [0.1, 0.15) is 18.1 Å². The van der Waals surface area contributed by atoms with Gasteiger partial charge in [-0.05, 0) is 30.7 Å². The highest BCUT2D eigenvalue weighted by molar-refractivity contribution is 5.46. The van der Waals surface area contributed by atoms with Crippen molar-refractivity contribution in [3.05, 3.63) is 29.8 Å². The lowest BCUT2D eigenvalue weighted by atomic mass is 10.1. The van der Waals surface area contributed by atoms with Crippen LogP contribution in [-0.2, 0) is 0 Å². The summed E-state index contributed by atoms with van der Waals surface area (Å²) in [7, 11) is 3.98. The third-order valence-corrected chi connectivity index (χ3v) is 2.23. The van der Waals surface area contributed by atoms with Crippen molar-refractivity contribution < 1.29 is 5.11 Å². The molecule has 0 amide bonds. The van der Waals surface area contributed by atoms with Crippen molar-refractivity contribution in [2.75, 3.05) is 25.5 Å². The monoisotopic (exact) mass is 194 g/mol. The van der Waals surface area contributed by atoms with Crippen LogP contribution in [0, 0.1) is 0 Å². The number of hydrogen-bond acceptors (Lipinski definition) is 3. The number of benzene rings is 1. The van der Waals surface area contributed by atoms with E-state index in [1.807, 2.05) is 43.3 Å². The van der Waals surface area contributed by atoms with Crippen LogP contribution in [0.5, 0.6) is 0 Å². The molecule has 1 aromatic carbocycles. The highest BCUT2D eigenvalue weighted by Crippen LogP contribution is 2.19. The van der Waals surface area contributed by atoms with Gasteiger partial charge in [0.25, 0.3) is 0 Å². The number of aliphatic hydroxyl groups is 1. The molecule has 0 aliphatic carbocycles. The van der Waals surface area contributed by atoms with E-state index in [4.69, 9.17) is 5.73 Å². The predicted octanol–water partition coefficient (Wildman–Crippen LogP) is 1.13. The van der Waals surface area contributed by atoms with Gasteiger partial charge < -0.3 is 15.7 Å². The average Bonchev–Trinajstić information content (AvgIpc) is 2.18. The highest BCUT2D eigenvalue weighted by Gasteiger charge is 2.05. The summed E-state index contributed by atoms with van der Waals surface area (Å²) in [5.41, 5.74) is 7.44. The molecular formula is C11H18N2O. The predicted molar refractivity (Wildman–Crippen MR) is 59.4 cm³/mol. The first kappa shape index (κ1) is 11.0. The molecule has 0 radical (unpaired) electrons. The summed E-state index contributed by atoms with van der Waals surface area (Å²) in [6.45, 7) is 0.511. The Kier molecular flexibility index (Phi) is 3.92. The first-order chi connectivity index (χ1) is 6.65. The number of aliphatic hydroxyl groups excluding tert-OH is 1. The maximum atomic E-state index is 9.66. The Morgan fingerprint density at radius 1 is 1.29 bits per heavy atom. The molecule has 0 unspecified atom stereocenters. The van der Waals surface area contributed by atoms with Crippen molar-refractivity contribution in [3.8, 4) is 0 Å². The molecule has 3 N–H and O–H groups in total. The second-order valence-electron chi connectivity index (χ2n) is 3.58. The zero-order chi connectivity index (χ0) is 10.6. The molecule has 0 saturated carbocycles. The van der Waals surface area contributed by atoms with E-state index in [0.29, 0.717) is 13.0 Å². The third kappa shape index (κ3) is 2.72. The smallest absolute Gasteiger partial charge is 0.0802 e. The van der Waals surface area contributed by atoms with Crippen LogP contribution in [0.25, 0.3) is 0 Å². The van der Waals surface area contributed by atoms with Gasteiger partial charge in [-0.1, -0.05) is 12.1 Å². The minimum Gasteiger partial charge on any atom is -0.388 e. The molecule has 0 fully saturated rings. The fourth-order valence-corrected chi connectivity index (χ4v) is 1.32. The van der Waals surface area contributed by atoms with E-state index in [-0.39, 0.29) is 0 Å². The van der Waals surface area contributed by atoms with Crippen LogP contribution in [0.15, 0.2) is 24.3 Å². The fourth-order valence-electron chi connectivity index (χ4n) is 1.32. The molecule has 0 saturated heterocycles. The van der Waals surface area contributed by atoms with Gasteiger partial charge in [-0.3, -0.25) is 0 Å². The average molecular weight is 194 g/mol. The van der Waals surface area contributed by atoms with Crippen LogP contribution in [0.4, 0.5) is 5.69 Å². The van der Waals surface area contributed by atoms with Crippen molar-refractivity contribution in [1.82, 2.24) is 0 Å². The molecule has 0 bridgehead atoms. The minimum atomic E-state index is -0.434. The first-order valence-electron chi connectivity index (χ1n) is 4.80. The zero-order valence-corrected chi connectivity index (χ0v) is 8.77. The Balaban J connectivity index is 2.72. The van der Waals surface area contributed by atoms with Crippen molar-refractivity contribution in [2.45, 2.75) is 12.5 Å². The number of rotatable bonds is 4. The van der Waals surface area contributed by atoms with E-state index in [9.17, 15) is 5.11 Å². The molecule has 0 aliphatic rings. The quantitative estimate of drug-likeness (QED) is 0.755. The maximum Gasteiger partial charge on any atom is 0.0802 e. The molecule has 3 heteroatoms. The molecule has 0 aromatic heterocycles. The summed E-state index contributed by atoms with van der Waals surface area (Å²) in [5.74, 6) is 0. The topological polar surface area (TPSA) is 49.5 Å². The van der Waals surface area contributed by atoms with Crippen molar-refractivity contribution in [1.29, 1.82) is 0 Å². The van der Waals surface area contributed by atoms with E-state index >= 15 is 0 Å². The van der Waals surface area contributed by atoms with E-state index in [1.54, 1.807) is 0 Å². The van der Waals surface area contributed by atoms with Crippen LogP contribution in [0.2, 0.25) is 0 Å². The largest absolute Gasteiger partial charge is 0.388 e. The molecule has 1 rings (SSSR count). The highest BCUT2D eigenvalue weighted by atomic mass is 16.3. The molecule has 0 heterocycles. The molecule has 78 valence electrons. The number of hydrogen-bond donors (Lipinski definition) is 2. The maximum absolute atomic E-state index is 9.66. The molecule has 0 aliphatic heterocycles. The second-order valence-corrected chi connectivity index (χ2v) is 3.58. The first-order valence-corrected chi connectivity index (χ1v) is 4.80. The number of nitrogens with two attached hydrogens (primary N) is 1. The molecule has 3 nitrogen and oxygen atoms in total. The summed E-state index contributed by atoms with van der Waals surface area (Å²) in [5, 5.41) is 9.66. The van der Waals surface area contributed by atoms with Crippen LogP contribution in [-0.4, -0.2) is 25.7 Å². The van der Waals surface area contributed by atoms with Crippen LogP contribution >= 0.6 is 0 Å². The minimum absolute atomic E-state index is 0.434. The van der Waals surface area contributed by atoms with Gasteiger partial charge in [-0.25, -0.2) is 0 Å². The molecule has 14 heavy (non-hydrogen) atoms. The Morgan fingerprint density at radius 3 is 2.29 bits per heavy atom. The van der Waals surface area contributed by atoms with E-state index in [1.165, 1.54) is 0 Å². The summed E-state index contributed by atoms with van der Waals surface area (Å²) >= 11 is 0. The summed E-state index contributed by atoms with van der Waals surface area (Å²) in [4.78, 5) is 2.03. The number of nitrogens with zero attached hydrogens (tertiary/aromatic N) is 1. The van der Waals surface area contributed by atoms with Gasteiger partial charge in [0.1, 0.15) is 0 Å². The molecule has 1 atom stereocenters. The SMILES string of the molecule is CN(C)c1ccc([C@@H](O)CCN)cc1. The van der Waals surface area contributed by atoms with Crippen molar-refractivity contribution >= 4 is 5.69 Å². The van der Waals surface area contributed by atoms with Gasteiger partial charge in [-0.2, -0.15) is 0 Å². The molecular weight excluding hydrogens is 176 g/mol. The van der Waals surface area contributed by atoms with Gasteiger partial charge in [0, 0.05) is 19.8 Å². The van der Waals surface area contributed by atoms with Crippen LogP contribution < -0.4 is 10.6 Å². The Hall–Kier alpha value is -1.06. The lowest BCUT2D eigenvalue weighted by Gasteiger charge is -2.14. The van der Waals surface area contributed by atoms with Crippen LogP contribution in [0.3, 0.4) is 0 Å². The Morgan fingerprint density at radius 2 is 1.86 bits per heavy atom. The fraction of sp³-hybridized carbons (Fsp3) is 0.455. The summed E-state index contributed by atoms with van der Waals surface area (Å²) in [6, 6.07) is 7.87.